The number of esters is 1. The number of carbonyl (C=O) groups excluding carboxylic acids is 1. The van der Waals surface area contributed by atoms with Crippen LogP contribution in [0.3, 0.4) is 0 Å². The van der Waals surface area contributed by atoms with Crippen LogP contribution in [0.5, 0.6) is 0 Å². The van der Waals surface area contributed by atoms with Crippen LogP contribution in [0, 0.1) is 0 Å². The van der Waals surface area contributed by atoms with E-state index in [-0.39, 0.29) is 12.2 Å². The number of allylic oxidation sites excluding steroid dienone is 7. The lowest BCUT2D eigenvalue weighted by Crippen LogP contribution is -2.04. The van der Waals surface area contributed by atoms with Gasteiger partial charge >= 0.3 is 5.97 Å². The topological polar surface area (TPSA) is 67.9 Å². The molecule has 0 unspecified atom stereocenters. The average Bonchev–Trinajstić information content (AvgIpc) is 3.12. The highest BCUT2D eigenvalue weighted by Crippen LogP contribution is 2.25. The Bertz CT molecular complexity index is 1010. The quantitative estimate of drug-likeness (QED) is 0.394. The van der Waals surface area contributed by atoms with Gasteiger partial charge in [-0.3, -0.25) is 5.10 Å². The average molecular weight is 379 g/mol. The lowest BCUT2D eigenvalue weighted by atomic mass is 10.1. The SMILES string of the molecule is C=C(/C=C\C(=C)c1ccc2c(C(/C=C/F)=C/C=C/C)[nH]nc2n1)C(=O)OCC. The zero-order chi connectivity index (χ0) is 20.5. The lowest BCUT2D eigenvalue weighted by molar-refractivity contribution is -0.138. The number of hydrogen-bond acceptors (Lipinski definition) is 4. The molecule has 2 aromatic rings. The van der Waals surface area contributed by atoms with Gasteiger partial charge in [0.2, 0.25) is 0 Å². The van der Waals surface area contributed by atoms with Gasteiger partial charge in [-0.2, -0.15) is 5.10 Å². The summed E-state index contributed by atoms with van der Waals surface area (Å²) < 4.78 is 17.6. The molecular formula is C22H22FN3O2. The van der Waals surface area contributed by atoms with Crippen LogP contribution in [0.15, 0.2) is 73.6 Å². The molecule has 0 saturated heterocycles. The van der Waals surface area contributed by atoms with Gasteiger partial charge < -0.3 is 4.74 Å². The van der Waals surface area contributed by atoms with E-state index in [1.54, 1.807) is 25.1 Å². The Morgan fingerprint density at radius 3 is 2.75 bits per heavy atom. The molecule has 6 heteroatoms. The van der Waals surface area contributed by atoms with Crippen LogP contribution >= 0.6 is 0 Å². The van der Waals surface area contributed by atoms with Crippen molar-refractivity contribution >= 4 is 28.1 Å². The van der Waals surface area contributed by atoms with Gasteiger partial charge in [-0.05, 0) is 43.7 Å². The van der Waals surface area contributed by atoms with Gasteiger partial charge in [0.15, 0.2) is 5.65 Å². The highest BCUT2D eigenvalue weighted by molar-refractivity contribution is 5.93. The molecule has 2 heterocycles. The molecule has 0 saturated carbocycles. The maximum absolute atomic E-state index is 12.7. The van der Waals surface area contributed by atoms with Crippen molar-refractivity contribution in [3.63, 3.8) is 0 Å². The monoisotopic (exact) mass is 379 g/mol. The summed E-state index contributed by atoms with van der Waals surface area (Å²) in [5, 5.41) is 7.86. The standard InChI is InChI=1S/C22H22FN3O2/c1-5-7-8-17(13-14-23)20-18-11-12-19(24-21(18)26-25-20)15(3)9-10-16(4)22(27)28-6-2/h5,7-14H,3-4,6H2,1-2H3,(H,24,25,26)/b7-5+,10-9-,14-13+,17-8+. The van der Waals surface area contributed by atoms with E-state index in [1.807, 2.05) is 25.1 Å². The fourth-order valence-corrected chi connectivity index (χ4v) is 2.37. The van der Waals surface area contributed by atoms with Crippen LogP contribution in [-0.4, -0.2) is 27.8 Å². The molecule has 0 bridgehead atoms. The minimum Gasteiger partial charge on any atom is -0.462 e. The summed E-state index contributed by atoms with van der Waals surface area (Å²) in [6.45, 7) is 11.5. The number of H-pyrrole nitrogens is 1. The molecule has 0 aliphatic rings. The van der Waals surface area contributed by atoms with E-state index in [4.69, 9.17) is 4.74 Å². The number of nitrogens with one attached hydrogen (secondary N) is 1. The second-order valence-electron chi connectivity index (χ2n) is 5.71. The zero-order valence-corrected chi connectivity index (χ0v) is 15.9. The van der Waals surface area contributed by atoms with Crippen LogP contribution < -0.4 is 0 Å². The first-order valence-corrected chi connectivity index (χ1v) is 8.70. The van der Waals surface area contributed by atoms with Crippen LogP contribution in [-0.2, 0) is 9.53 Å². The molecule has 2 aromatic heterocycles. The Labute approximate surface area is 163 Å². The van der Waals surface area contributed by atoms with E-state index in [9.17, 15) is 9.18 Å². The van der Waals surface area contributed by atoms with Crippen molar-refractivity contribution in [2.45, 2.75) is 13.8 Å². The first kappa shape index (κ1) is 20.8. The smallest absolute Gasteiger partial charge is 0.337 e. The number of carbonyl (C=O) groups is 1. The number of nitrogens with zero attached hydrogens (tertiary/aromatic N) is 2. The van der Waals surface area contributed by atoms with Crippen molar-refractivity contribution in [2.24, 2.45) is 0 Å². The third kappa shape index (κ3) is 5.01. The minimum atomic E-state index is -0.478. The van der Waals surface area contributed by atoms with Crippen molar-refractivity contribution in [1.82, 2.24) is 15.2 Å². The van der Waals surface area contributed by atoms with Crippen LogP contribution in [0.4, 0.5) is 4.39 Å². The second kappa shape index (κ2) is 9.97. The third-order valence-electron chi connectivity index (χ3n) is 3.77. The number of aromatic amines is 1. The van der Waals surface area contributed by atoms with E-state index < -0.39 is 5.97 Å². The van der Waals surface area contributed by atoms with E-state index in [2.05, 4.69) is 28.3 Å². The van der Waals surface area contributed by atoms with Crippen molar-refractivity contribution in [1.29, 1.82) is 0 Å². The second-order valence-corrected chi connectivity index (χ2v) is 5.71. The highest BCUT2D eigenvalue weighted by atomic mass is 19.1. The number of fused-ring (bicyclic) bond motifs is 1. The molecule has 0 aromatic carbocycles. The summed E-state index contributed by atoms with van der Waals surface area (Å²) in [5.74, 6) is -0.478. The van der Waals surface area contributed by atoms with E-state index in [0.29, 0.717) is 34.5 Å². The molecule has 0 spiro atoms. The molecule has 1 N–H and O–H groups in total. The molecule has 0 amide bonds. The summed E-state index contributed by atoms with van der Waals surface area (Å²) >= 11 is 0. The Morgan fingerprint density at radius 1 is 1.29 bits per heavy atom. The largest absolute Gasteiger partial charge is 0.462 e. The maximum Gasteiger partial charge on any atom is 0.337 e. The molecule has 0 aliphatic heterocycles. The van der Waals surface area contributed by atoms with Gasteiger partial charge in [0.25, 0.3) is 0 Å². The first-order valence-electron chi connectivity index (χ1n) is 8.70. The van der Waals surface area contributed by atoms with Crippen molar-refractivity contribution in [2.75, 3.05) is 6.61 Å². The molecular weight excluding hydrogens is 357 g/mol. The van der Waals surface area contributed by atoms with Crippen LogP contribution in [0.25, 0.3) is 22.2 Å². The van der Waals surface area contributed by atoms with E-state index in [1.165, 1.54) is 12.2 Å². The molecule has 2 rings (SSSR count). The van der Waals surface area contributed by atoms with Crippen molar-refractivity contribution in [3.05, 3.63) is 85.0 Å². The zero-order valence-electron chi connectivity index (χ0n) is 15.9. The van der Waals surface area contributed by atoms with E-state index in [0.717, 1.165) is 5.39 Å². The number of aromatic nitrogens is 3. The fourth-order valence-electron chi connectivity index (χ4n) is 2.37. The molecule has 0 fully saturated rings. The number of ether oxygens (including phenoxy) is 1. The fraction of sp³-hybridized carbons (Fsp3) is 0.136. The third-order valence-corrected chi connectivity index (χ3v) is 3.77. The van der Waals surface area contributed by atoms with Gasteiger partial charge in [-0.15, -0.1) is 0 Å². The Kier molecular flexibility index (Phi) is 7.39. The minimum absolute atomic E-state index is 0.225. The van der Waals surface area contributed by atoms with E-state index >= 15 is 0 Å². The molecule has 28 heavy (non-hydrogen) atoms. The van der Waals surface area contributed by atoms with Gasteiger partial charge in [0.1, 0.15) is 0 Å². The molecule has 0 aliphatic carbocycles. The summed E-state index contributed by atoms with van der Waals surface area (Å²) in [7, 11) is 0. The van der Waals surface area contributed by atoms with Crippen molar-refractivity contribution < 1.29 is 13.9 Å². The summed E-state index contributed by atoms with van der Waals surface area (Å²) in [6.07, 6.45) is 10.4. The van der Waals surface area contributed by atoms with Gasteiger partial charge in [0, 0.05) is 11.0 Å². The summed E-state index contributed by atoms with van der Waals surface area (Å²) in [4.78, 5) is 16.1. The number of hydrogen-bond donors (Lipinski definition) is 1. The predicted octanol–water partition coefficient (Wildman–Crippen LogP) is 5.09. The maximum atomic E-state index is 12.7. The molecule has 5 nitrogen and oxygen atoms in total. The lowest BCUT2D eigenvalue weighted by Gasteiger charge is -2.02. The van der Waals surface area contributed by atoms with Crippen molar-refractivity contribution in [3.8, 4) is 0 Å². The number of pyridine rings is 1. The van der Waals surface area contributed by atoms with Gasteiger partial charge in [0.05, 0.1) is 29.9 Å². The summed E-state index contributed by atoms with van der Waals surface area (Å²) in [6, 6.07) is 3.62. The highest BCUT2D eigenvalue weighted by Gasteiger charge is 2.11. The van der Waals surface area contributed by atoms with Crippen LogP contribution in [0.1, 0.15) is 25.2 Å². The number of halogens is 1. The van der Waals surface area contributed by atoms with Gasteiger partial charge in [-0.25, -0.2) is 14.2 Å². The molecule has 0 atom stereocenters. The molecule has 0 radical (unpaired) electrons. The predicted molar refractivity (Wildman–Crippen MR) is 111 cm³/mol. The Morgan fingerprint density at radius 2 is 2.07 bits per heavy atom. The van der Waals surface area contributed by atoms with Gasteiger partial charge in [-0.1, -0.05) is 37.5 Å². The first-order chi connectivity index (χ1) is 13.5. The normalized spacial score (nSPS) is 12.5. The summed E-state index contributed by atoms with van der Waals surface area (Å²) in [5.41, 5.74) is 3.19. The number of rotatable bonds is 8. The Hall–Kier alpha value is -3.54. The Balaban J connectivity index is 2.29. The molecule has 144 valence electrons. The van der Waals surface area contributed by atoms with Crippen LogP contribution in [0.2, 0.25) is 0 Å².